The van der Waals surface area contributed by atoms with Gasteiger partial charge in [-0.05, 0) is 82.9 Å². The monoisotopic (exact) mass is 881 g/mol. The van der Waals surface area contributed by atoms with Crippen LogP contribution in [-0.2, 0) is 10.8 Å². The molecular weight excluding hydrogens is 832 g/mol. The normalized spacial score (nSPS) is 11.5. The van der Waals surface area contributed by atoms with Crippen molar-refractivity contribution in [3.05, 3.63) is 191 Å². The van der Waals surface area contributed by atoms with Crippen molar-refractivity contribution in [2.45, 2.75) is 52.4 Å². The van der Waals surface area contributed by atoms with Gasteiger partial charge < -0.3 is 18.9 Å². The maximum atomic E-state index is 14.9. The van der Waals surface area contributed by atoms with Crippen LogP contribution in [0.2, 0.25) is 0 Å². The number of benzene rings is 6. The molecule has 0 atom stereocenters. The molecule has 5 nitrogen and oxygen atoms in total. The molecule has 1 aromatic heterocycles. The van der Waals surface area contributed by atoms with Gasteiger partial charge >= 0.3 is 7.12 Å². The fraction of sp³-hybridized carbons (Fsp3) is 0.163. The zero-order chi connectivity index (χ0) is 42.2. The Morgan fingerprint density at radius 3 is 1.32 bits per heavy atom. The van der Waals surface area contributed by atoms with Gasteiger partial charge in [0.25, 0.3) is 18.1 Å². The number of halogens is 2. The van der Waals surface area contributed by atoms with E-state index in [9.17, 15) is 14.4 Å². The number of rotatable bonds is 10. The van der Waals surface area contributed by atoms with E-state index in [0.29, 0.717) is 27.0 Å². The molecule has 0 saturated carbocycles. The van der Waals surface area contributed by atoms with Crippen molar-refractivity contribution in [3.8, 4) is 22.8 Å². The minimum atomic E-state index is -2.09. The van der Waals surface area contributed by atoms with E-state index >= 15 is 0 Å². The van der Waals surface area contributed by atoms with E-state index in [1.54, 1.807) is 12.3 Å². The summed E-state index contributed by atoms with van der Waals surface area (Å²) in [6, 6.07) is 54.0. The highest BCUT2D eigenvalue weighted by Gasteiger charge is 2.27. The van der Waals surface area contributed by atoms with E-state index in [1.807, 2.05) is 103 Å². The van der Waals surface area contributed by atoms with E-state index in [4.69, 9.17) is 8.85 Å². The minimum Gasteiger partial charge on any atom is -0.538 e. The van der Waals surface area contributed by atoms with E-state index in [-0.39, 0.29) is 22.3 Å². The quantitative estimate of drug-likeness (QED) is 0.140. The van der Waals surface area contributed by atoms with Crippen molar-refractivity contribution in [1.29, 1.82) is 0 Å². The van der Waals surface area contributed by atoms with Crippen LogP contribution in [-0.4, -0.2) is 40.2 Å². The highest BCUT2D eigenvalue weighted by atomic mass is 79.9. The summed E-state index contributed by atoms with van der Waals surface area (Å²) < 4.78 is 28.8. The lowest BCUT2D eigenvalue weighted by Gasteiger charge is -2.25. The summed E-state index contributed by atoms with van der Waals surface area (Å²) in [5.74, 6) is 0.822. The Kier molecular flexibility index (Phi) is 14.2. The predicted octanol–water partition coefficient (Wildman–Crippen LogP) is 7.45. The second-order valence-electron chi connectivity index (χ2n) is 16.5. The average Bonchev–Trinajstić information content (AvgIpc) is 3.23. The van der Waals surface area contributed by atoms with Crippen LogP contribution >= 0.6 is 15.9 Å². The predicted molar refractivity (Wildman–Crippen MR) is 251 cm³/mol. The van der Waals surface area contributed by atoms with Crippen molar-refractivity contribution < 1.29 is 23.3 Å². The van der Waals surface area contributed by atoms with Crippen LogP contribution in [0.15, 0.2) is 174 Å². The molecular formula is C49H50BBrFNO4Si2. The van der Waals surface area contributed by atoms with Crippen LogP contribution in [0, 0.1) is 5.82 Å². The van der Waals surface area contributed by atoms with Crippen molar-refractivity contribution in [2.24, 2.45) is 0 Å². The number of pyridine rings is 1. The summed E-state index contributed by atoms with van der Waals surface area (Å²) in [6.07, 6.45) is 1.61. The molecule has 0 unspecified atom stereocenters. The first kappa shape index (κ1) is 43.5. The molecule has 10 heteroatoms. The van der Waals surface area contributed by atoms with Gasteiger partial charge in [-0.15, -0.1) is 0 Å². The second-order valence-corrected chi connectivity index (χ2v) is 22.0. The van der Waals surface area contributed by atoms with Gasteiger partial charge in [0, 0.05) is 21.7 Å². The first-order valence-corrected chi connectivity index (χ1v) is 23.7. The summed E-state index contributed by atoms with van der Waals surface area (Å²) in [5.41, 5.74) is 3.43. The largest absolute Gasteiger partial charge is 0.538 e. The van der Waals surface area contributed by atoms with Crippen LogP contribution in [0.4, 0.5) is 4.39 Å². The van der Waals surface area contributed by atoms with Crippen molar-refractivity contribution in [1.82, 2.24) is 4.98 Å². The average molecular weight is 883 g/mol. The highest BCUT2D eigenvalue weighted by Crippen LogP contribution is 2.36. The Balaban J connectivity index is 0.000000201. The Hall–Kier alpha value is -5.10. The standard InChI is InChI=1S/C27H25BrFNOSi.C22H25BO3Si/c1-27(2,3)19-14-15-23(26-24(29)17-20(28)18-30-26)25(16-19)31-32(21-10-6-4-7-11-21)22-12-8-5-9-13-22;1-22(2,3)17-14-15-20(23(24)25)21(16-17)26-27(18-10-6-4-7-11-18)19-12-8-5-9-13-19/h4-18,32H,1-3H3;4-16,24-25,27H,1-3H3. The topological polar surface area (TPSA) is 71.8 Å². The summed E-state index contributed by atoms with van der Waals surface area (Å²) in [7, 11) is -5.71. The zero-order valence-electron chi connectivity index (χ0n) is 34.3. The Morgan fingerprint density at radius 2 is 0.932 bits per heavy atom. The van der Waals surface area contributed by atoms with E-state index in [0.717, 1.165) is 31.9 Å². The molecule has 300 valence electrons. The molecule has 6 aromatic carbocycles. The number of hydrogen-bond acceptors (Lipinski definition) is 5. The third-order valence-corrected chi connectivity index (χ3v) is 15.3. The highest BCUT2D eigenvalue weighted by molar-refractivity contribution is 9.10. The maximum absolute atomic E-state index is 14.9. The van der Waals surface area contributed by atoms with Crippen molar-refractivity contribution in [3.63, 3.8) is 0 Å². The van der Waals surface area contributed by atoms with E-state index < -0.39 is 25.2 Å². The van der Waals surface area contributed by atoms with Gasteiger partial charge in [-0.2, -0.15) is 0 Å². The van der Waals surface area contributed by atoms with Gasteiger partial charge in [-0.25, -0.2) is 4.39 Å². The van der Waals surface area contributed by atoms with Gasteiger partial charge in [0.15, 0.2) is 5.82 Å². The van der Waals surface area contributed by atoms with Crippen LogP contribution in [0.1, 0.15) is 52.7 Å². The lowest BCUT2D eigenvalue weighted by Crippen LogP contribution is -2.49. The smallest absolute Gasteiger partial charge is 0.492 e. The molecule has 7 aromatic rings. The molecule has 0 aliphatic heterocycles. The third-order valence-electron chi connectivity index (χ3n) is 9.97. The molecule has 0 saturated heterocycles. The molecule has 7 rings (SSSR count). The SMILES string of the molecule is CC(C)(C)c1ccc(-c2ncc(Br)cc2F)c(O[SiH](c2ccccc2)c2ccccc2)c1.CC(C)(C)c1ccc(B(O)O)c(O[SiH](c2ccccc2)c2ccccc2)c1. The summed E-state index contributed by atoms with van der Waals surface area (Å²) in [4.78, 5) is 4.37. The zero-order valence-corrected chi connectivity index (χ0v) is 38.2. The minimum absolute atomic E-state index is 0.0619. The van der Waals surface area contributed by atoms with Crippen LogP contribution in [0.5, 0.6) is 11.5 Å². The maximum Gasteiger partial charge on any atom is 0.492 e. The first-order chi connectivity index (χ1) is 28.2. The van der Waals surface area contributed by atoms with E-state index in [1.165, 1.54) is 6.07 Å². The lowest BCUT2D eigenvalue weighted by molar-refractivity contribution is 0.423. The molecule has 0 radical (unpaired) electrons. The number of aromatic nitrogens is 1. The Bertz CT molecular complexity index is 2350. The molecule has 0 fully saturated rings. The molecule has 0 aliphatic carbocycles. The van der Waals surface area contributed by atoms with E-state index in [2.05, 4.69) is 111 Å². The van der Waals surface area contributed by atoms with Crippen molar-refractivity contribution in [2.75, 3.05) is 0 Å². The number of hydrogen-bond donors (Lipinski definition) is 2. The van der Waals surface area contributed by atoms with Gasteiger partial charge in [-0.3, -0.25) is 4.98 Å². The van der Waals surface area contributed by atoms with Crippen LogP contribution in [0.25, 0.3) is 11.3 Å². The number of nitrogens with zero attached hydrogens (tertiary/aromatic N) is 1. The Morgan fingerprint density at radius 1 is 0.542 bits per heavy atom. The lowest BCUT2D eigenvalue weighted by atomic mass is 9.77. The van der Waals surface area contributed by atoms with Crippen LogP contribution in [0.3, 0.4) is 0 Å². The fourth-order valence-corrected chi connectivity index (χ4v) is 11.4. The van der Waals surface area contributed by atoms with Gasteiger partial charge in [0.2, 0.25) is 0 Å². The molecule has 2 N–H and O–H groups in total. The molecule has 59 heavy (non-hydrogen) atoms. The van der Waals surface area contributed by atoms with Crippen LogP contribution < -0.4 is 35.1 Å². The summed E-state index contributed by atoms with van der Waals surface area (Å²) >= 11 is 3.30. The van der Waals surface area contributed by atoms with Gasteiger partial charge in [-0.1, -0.05) is 181 Å². The fourth-order valence-electron chi connectivity index (χ4n) is 6.63. The van der Waals surface area contributed by atoms with Gasteiger partial charge in [0.05, 0.1) is 0 Å². The molecule has 0 spiro atoms. The molecule has 0 amide bonds. The molecule has 0 aliphatic rings. The molecule has 0 bridgehead atoms. The Labute approximate surface area is 360 Å². The van der Waals surface area contributed by atoms with Crippen molar-refractivity contribution >= 4 is 67.3 Å². The third kappa shape index (κ3) is 11.3. The van der Waals surface area contributed by atoms with Gasteiger partial charge in [0.1, 0.15) is 17.2 Å². The first-order valence-electron chi connectivity index (χ1n) is 19.7. The summed E-state index contributed by atoms with van der Waals surface area (Å²) in [5, 5.41) is 24.3. The summed E-state index contributed by atoms with van der Waals surface area (Å²) in [6.45, 7) is 12.9. The molecule has 1 heterocycles. The second kappa shape index (κ2) is 19.3.